The molecule has 3 heterocycles. The molecule has 3 aromatic heterocycles. The third kappa shape index (κ3) is 3.97. The Morgan fingerprint density at radius 1 is 1.41 bits per heavy atom. The number of pyridine rings is 1. The molecule has 142 valence electrons. The minimum Gasteiger partial charge on any atom is -0.481 e. The first-order valence-electron chi connectivity index (χ1n) is 8.37. The molecule has 3 aromatic rings. The molecule has 0 spiro atoms. The third-order valence-electron chi connectivity index (χ3n) is 4.25. The summed E-state index contributed by atoms with van der Waals surface area (Å²) in [6.45, 7) is 5.74. The average molecular weight is 373 g/mol. The molecule has 0 aromatic carbocycles. The summed E-state index contributed by atoms with van der Waals surface area (Å²) in [5.41, 5.74) is 0.0267. The Balaban J connectivity index is 2.02. The van der Waals surface area contributed by atoms with E-state index in [1.54, 1.807) is 0 Å². The van der Waals surface area contributed by atoms with Gasteiger partial charge in [-0.3, -0.25) is 9.59 Å². The van der Waals surface area contributed by atoms with Gasteiger partial charge in [-0.05, 0) is 17.5 Å². The number of nitrogens with zero attached hydrogens (tertiary/aromatic N) is 3. The Bertz CT molecular complexity index is 1050. The van der Waals surface area contributed by atoms with Gasteiger partial charge in [-0.15, -0.1) is 5.10 Å². The molecular formula is C18H20FN5O3. The van der Waals surface area contributed by atoms with Crippen LogP contribution < -0.4 is 10.9 Å². The second-order valence-corrected chi connectivity index (χ2v) is 7.35. The molecular weight excluding hydrogens is 353 g/mol. The second kappa shape index (κ2) is 6.82. The Morgan fingerprint density at radius 3 is 2.81 bits per heavy atom. The van der Waals surface area contributed by atoms with E-state index in [0.717, 1.165) is 10.9 Å². The fourth-order valence-electron chi connectivity index (χ4n) is 2.73. The number of hydrogen-bond acceptors (Lipinski definition) is 5. The molecule has 0 saturated carbocycles. The lowest BCUT2D eigenvalue weighted by molar-refractivity contribution is -0.137. The van der Waals surface area contributed by atoms with Gasteiger partial charge in [0.25, 0.3) is 5.56 Å². The minimum atomic E-state index is -0.936. The van der Waals surface area contributed by atoms with Gasteiger partial charge in [-0.2, -0.15) is 4.68 Å². The van der Waals surface area contributed by atoms with Crippen molar-refractivity contribution in [2.45, 2.75) is 33.2 Å². The van der Waals surface area contributed by atoms with Gasteiger partial charge in [0, 0.05) is 23.7 Å². The Kier molecular flexibility index (Phi) is 4.69. The molecule has 0 unspecified atom stereocenters. The smallest absolute Gasteiger partial charge is 0.305 e. The number of aromatic nitrogens is 4. The van der Waals surface area contributed by atoms with Crippen molar-refractivity contribution in [1.82, 2.24) is 19.7 Å². The molecule has 3 rings (SSSR count). The standard InChI is InChI=1S/C18H20FN5O3/c1-18(2,3)13(7-16(26)27)22-14-4-5-15(25)24(23-14)12-9-21-17-11(12)6-10(19)8-20-17/h4-6,8-9,13H,7H2,1-3H3,(H,20,21)(H,22,23)(H,26,27)/t13-/m1/s1. The molecule has 0 aliphatic rings. The third-order valence-corrected chi connectivity index (χ3v) is 4.25. The number of aromatic amines is 1. The summed E-state index contributed by atoms with van der Waals surface area (Å²) in [5.74, 6) is -1.12. The Labute approximate surface area is 154 Å². The molecule has 0 radical (unpaired) electrons. The van der Waals surface area contributed by atoms with Crippen LogP contribution >= 0.6 is 0 Å². The Morgan fingerprint density at radius 2 is 2.15 bits per heavy atom. The molecule has 0 fully saturated rings. The summed E-state index contributed by atoms with van der Waals surface area (Å²) in [5, 5.41) is 16.9. The van der Waals surface area contributed by atoms with Crippen molar-refractivity contribution >= 4 is 22.8 Å². The van der Waals surface area contributed by atoms with E-state index in [1.807, 2.05) is 20.8 Å². The van der Waals surface area contributed by atoms with Gasteiger partial charge >= 0.3 is 5.97 Å². The topological polar surface area (TPSA) is 113 Å². The van der Waals surface area contributed by atoms with Crippen LogP contribution in [0.25, 0.3) is 16.7 Å². The SMILES string of the molecule is CC(C)(C)[C@@H](CC(=O)O)Nc1ccc(=O)n(-c2c[nH]c3ncc(F)cc23)n1. The van der Waals surface area contributed by atoms with E-state index in [9.17, 15) is 14.0 Å². The summed E-state index contributed by atoms with van der Waals surface area (Å²) < 4.78 is 14.7. The van der Waals surface area contributed by atoms with E-state index >= 15 is 0 Å². The molecule has 8 nitrogen and oxygen atoms in total. The number of halogens is 1. The zero-order valence-electron chi connectivity index (χ0n) is 15.2. The summed E-state index contributed by atoms with van der Waals surface area (Å²) in [6.07, 6.45) is 2.50. The van der Waals surface area contributed by atoms with Crippen LogP contribution in [0.1, 0.15) is 27.2 Å². The van der Waals surface area contributed by atoms with Crippen LogP contribution in [0.2, 0.25) is 0 Å². The molecule has 27 heavy (non-hydrogen) atoms. The number of anilines is 1. The van der Waals surface area contributed by atoms with E-state index in [0.29, 0.717) is 22.5 Å². The number of nitrogens with one attached hydrogen (secondary N) is 2. The van der Waals surface area contributed by atoms with E-state index < -0.39 is 23.4 Å². The van der Waals surface area contributed by atoms with Gasteiger partial charge in [-0.1, -0.05) is 20.8 Å². The van der Waals surface area contributed by atoms with Gasteiger partial charge in [0.15, 0.2) is 0 Å². The first kappa shape index (κ1) is 18.6. The van der Waals surface area contributed by atoms with Crippen molar-refractivity contribution < 1.29 is 14.3 Å². The average Bonchev–Trinajstić information content (AvgIpc) is 2.97. The minimum absolute atomic E-state index is 0.105. The fourth-order valence-corrected chi connectivity index (χ4v) is 2.73. The van der Waals surface area contributed by atoms with Crippen LogP contribution in [0, 0.1) is 11.2 Å². The number of carboxylic acids is 1. The van der Waals surface area contributed by atoms with Crippen molar-refractivity contribution in [2.75, 3.05) is 5.32 Å². The Hall–Kier alpha value is -3.23. The lowest BCUT2D eigenvalue weighted by Crippen LogP contribution is -2.37. The van der Waals surface area contributed by atoms with E-state index in [4.69, 9.17) is 5.11 Å². The van der Waals surface area contributed by atoms with Gasteiger partial charge in [0.05, 0.1) is 18.3 Å². The van der Waals surface area contributed by atoms with Gasteiger partial charge in [-0.25, -0.2) is 9.37 Å². The number of hydrogen-bond donors (Lipinski definition) is 3. The predicted octanol–water partition coefficient (Wildman–Crippen LogP) is 2.55. The lowest BCUT2D eigenvalue weighted by Gasteiger charge is -2.30. The van der Waals surface area contributed by atoms with E-state index in [-0.39, 0.29) is 11.8 Å². The molecule has 0 amide bonds. The van der Waals surface area contributed by atoms with Crippen molar-refractivity contribution in [2.24, 2.45) is 5.41 Å². The van der Waals surface area contributed by atoms with Gasteiger partial charge in [0.2, 0.25) is 0 Å². The molecule has 9 heteroatoms. The number of aliphatic carboxylic acids is 1. The maximum Gasteiger partial charge on any atom is 0.305 e. The van der Waals surface area contributed by atoms with Crippen molar-refractivity contribution in [3.8, 4) is 5.69 Å². The van der Waals surface area contributed by atoms with Crippen LogP contribution in [0.15, 0.2) is 35.4 Å². The highest BCUT2D eigenvalue weighted by Gasteiger charge is 2.27. The summed E-state index contributed by atoms with van der Waals surface area (Å²) in [4.78, 5) is 30.3. The molecule has 1 atom stereocenters. The molecule has 0 aliphatic heterocycles. The second-order valence-electron chi connectivity index (χ2n) is 7.35. The quantitative estimate of drug-likeness (QED) is 0.633. The normalized spacial score (nSPS) is 12.9. The lowest BCUT2D eigenvalue weighted by atomic mass is 9.85. The highest BCUT2D eigenvalue weighted by molar-refractivity contribution is 5.85. The van der Waals surface area contributed by atoms with Crippen LogP contribution in [0.3, 0.4) is 0 Å². The number of fused-ring (bicyclic) bond motifs is 1. The molecule has 0 aliphatic carbocycles. The van der Waals surface area contributed by atoms with Crippen LogP contribution in [0.4, 0.5) is 10.2 Å². The number of carboxylic acid groups (broad SMARTS) is 1. The largest absolute Gasteiger partial charge is 0.481 e. The number of rotatable bonds is 5. The molecule has 0 saturated heterocycles. The number of carbonyl (C=O) groups is 1. The highest BCUT2D eigenvalue weighted by Crippen LogP contribution is 2.25. The van der Waals surface area contributed by atoms with Crippen molar-refractivity contribution in [3.63, 3.8) is 0 Å². The monoisotopic (exact) mass is 373 g/mol. The van der Waals surface area contributed by atoms with E-state index in [2.05, 4.69) is 20.4 Å². The van der Waals surface area contributed by atoms with Crippen LogP contribution in [-0.2, 0) is 4.79 Å². The maximum atomic E-state index is 13.6. The zero-order chi connectivity index (χ0) is 19.8. The van der Waals surface area contributed by atoms with Crippen LogP contribution in [-0.4, -0.2) is 36.9 Å². The highest BCUT2D eigenvalue weighted by atomic mass is 19.1. The van der Waals surface area contributed by atoms with Crippen LogP contribution in [0.5, 0.6) is 0 Å². The first-order valence-corrected chi connectivity index (χ1v) is 8.37. The number of H-pyrrole nitrogens is 1. The van der Waals surface area contributed by atoms with Gasteiger partial charge < -0.3 is 15.4 Å². The van der Waals surface area contributed by atoms with E-state index in [1.165, 1.54) is 24.4 Å². The predicted molar refractivity (Wildman–Crippen MR) is 98.6 cm³/mol. The summed E-state index contributed by atoms with van der Waals surface area (Å²) >= 11 is 0. The zero-order valence-corrected chi connectivity index (χ0v) is 15.2. The molecule has 3 N–H and O–H groups in total. The van der Waals surface area contributed by atoms with Crippen molar-refractivity contribution in [3.05, 3.63) is 46.8 Å². The summed E-state index contributed by atoms with van der Waals surface area (Å²) in [7, 11) is 0. The fraction of sp³-hybridized carbons (Fsp3) is 0.333. The van der Waals surface area contributed by atoms with Gasteiger partial charge in [0.1, 0.15) is 17.3 Å². The summed E-state index contributed by atoms with van der Waals surface area (Å²) in [6, 6.07) is 3.68. The van der Waals surface area contributed by atoms with Crippen molar-refractivity contribution in [1.29, 1.82) is 0 Å². The maximum absolute atomic E-state index is 13.6. The molecule has 0 bridgehead atoms. The first-order chi connectivity index (χ1) is 12.6.